The molecule has 0 aliphatic heterocycles. The Morgan fingerprint density at radius 2 is 2.05 bits per heavy atom. The highest BCUT2D eigenvalue weighted by Crippen LogP contribution is 2.15. The molecule has 1 rings (SSSR count). The molecule has 0 saturated heterocycles. The molecule has 1 aromatic rings. The molecular formula is C14H11FN2O3. The maximum Gasteiger partial charge on any atom is 0.349 e. The van der Waals surface area contributed by atoms with E-state index < -0.39 is 17.9 Å². The Kier molecular flexibility index (Phi) is 5.37. The third kappa shape index (κ3) is 3.39. The monoisotopic (exact) mass is 274 g/mol. The molecule has 0 aliphatic carbocycles. The first-order chi connectivity index (χ1) is 9.54. The number of benzene rings is 1. The molecule has 1 aromatic carbocycles. The first-order valence-electron chi connectivity index (χ1n) is 5.84. The lowest BCUT2D eigenvalue weighted by Crippen LogP contribution is -2.28. The lowest BCUT2D eigenvalue weighted by molar-refractivity contribution is -0.147. The van der Waals surface area contributed by atoms with Gasteiger partial charge in [0.1, 0.15) is 0 Å². The number of esters is 1. The Bertz CT molecular complexity index is 614. The molecule has 0 bridgehead atoms. The highest BCUT2D eigenvalue weighted by atomic mass is 19.1. The number of ketones is 1. The SMILES string of the molecule is CCCOC(=O)C(F)C(=O)c1cc(C#N)ccc1C#N. The zero-order chi connectivity index (χ0) is 15.1. The second-order valence-electron chi connectivity index (χ2n) is 3.88. The summed E-state index contributed by atoms with van der Waals surface area (Å²) in [5.74, 6) is -2.47. The predicted molar refractivity (Wildman–Crippen MR) is 66.3 cm³/mol. The van der Waals surface area contributed by atoms with Gasteiger partial charge in [0.25, 0.3) is 6.17 Å². The predicted octanol–water partition coefficient (Wildman–Crippen LogP) is 1.90. The number of nitriles is 2. The summed E-state index contributed by atoms with van der Waals surface area (Å²) < 4.78 is 18.3. The number of carbonyl (C=O) groups excluding carboxylic acids is 2. The van der Waals surface area contributed by atoms with Crippen molar-refractivity contribution >= 4 is 11.8 Å². The molecule has 0 N–H and O–H groups in total. The van der Waals surface area contributed by atoms with Crippen LogP contribution in [-0.2, 0) is 9.53 Å². The molecule has 1 atom stereocenters. The summed E-state index contributed by atoms with van der Waals surface area (Å²) >= 11 is 0. The van der Waals surface area contributed by atoms with Crippen LogP contribution in [-0.4, -0.2) is 24.5 Å². The van der Waals surface area contributed by atoms with E-state index in [2.05, 4.69) is 4.74 Å². The highest BCUT2D eigenvalue weighted by molar-refractivity contribution is 6.12. The van der Waals surface area contributed by atoms with Gasteiger partial charge >= 0.3 is 5.97 Å². The van der Waals surface area contributed by atoms with E-state index in [9.17, 15) is 14.0 Å². The second kappa shape index (κ2) is 7.01. The van der Waals surface area contributed by atoms with E-state index in [1.54, 1.807) is 19.1 Å². The van der Waals surface area contributed by atoms with Crippen molar-refractivity contribution in [1.82, 2.24) is 0 Å². The number of rotatable bonds is 5. The number of alkyl halides is 1. The highest BCUT2D eigenvalue weighted by Gasteiger charge is 2.30. The summed E-state index contributed by atoms with van der Waals surface area (Å²) in [6.07, 6.45) is -2.00. The molecule has 0 spiro atoms. The topological polar surface area (TPSA) is 90.9 Å². The molecule has 6 heteroatoms. The smallest absolute Gasteiger partial charge is 0.349 e. The van der Waals surface area contributed by atoms with Gasteiger partial charge in [-0.3, -0.25) is 4.79 Å². The zero-order valence-electron chi connectivity index (χ0n) is 10.7. The largest absolute Gasteiger partial charge is 0.463 e. The Labute approximate surface area is 115 Å². The Morgan fingerprint density at radius 1 is 1.35 bits per heavy atom. The van der Waals surface area contributed by atoms with E-state index in [1.165, 1.54) is 12.1 Å². The lowest BCUT2D eigenvalue weighted by Gasteiger charge is -2.08. The van der Waals surface area contributed by atoms with Crippen LogP contribution in [0.15, 0.2) is 18.2 Å². The van der Waals surface area contributed by atoms with Crippen LogP contribution in [0.25, 0.3) is 0 Å². The van der Waals surface area contributed by atoms with Crippen LogP contribution in [0.4, 0.5) is 4.39 Å². The molecule has 0 amide bonds. The van der Waals surface area contributed by atoms with Gasteiger partial charge in [-0.25, -0.2) is 9.18 Å². The number of hydrogen-bond donors (Lipinski definition) is 0. The van der Waals surface area contributed by atoms with Crippen molar-refractivity contribution in [3.63, 3.8) is 0 Å². The quantitative estimate of drug-likeness (QED) is 0.464. The number of nitrogens with zero attached hydrogens (tertiary/aromatic N) is 2. The fraction of sp³-hybridized carbons (Fsp3) is 0.286. The van der Waals surface area contributed by atoms with Gasteiger partial charge in [-0.1, -0.05) is 6.92 Å². The van der Waals surface area contributed by atoms with Gasteiger partial charge < -0.3 is 4.74 Å². The molecule has 0 aliphatic rings. The standard InChI is InChI=1S/C14H11FN2O3/c1-2-5-20-14(19)12(15)13(18)11-6-9(7-16)3-4-10(11)8-17/h3-4,6,12H,2,5H2,1H3. The number of hydrogen-bond acceptors (Lipinski definition) is 5. The van der Waals surface area contributed by atoms with Crippen molar-refractivity contribution in [2.45, 2.75) is 19.5 Å². The van der Waals surface area contributed by atoms with Crippen molar-refractivity contribution in [1.29, 1.82) is 10.5 Å². The van der Waals surface area contributed by atoms with Crippen LogP contribution < -0.4 is 0 Å². The van der Waals surface area contributed by atoms with E-state index in [1.807, 2.05) is 0 Å². The summed E-state index contributed by atoms with van der Waals surface area (Å²) in [5.41, 5.74) is -0.297. The van der Waals surface area contributed by atoms with Gasteiger partial charge in [0.15, 0.2) is 0 Å². The number of carbonyl (C=O) groups is 2. The number of halogens is 1. The average Bonchev–Trinajstić information content (AvgIpc) is 2.50. The summed E-state index contributed by atoms with van der Waals surface area (Å²) in [6.45, 7) is 1.74. The van der Waals surface area contributed by atoms with Gasteiger partial charge in [0, 0.05) is 5.56 Å². The molecular weight excluding hydrogens is 263 g/mol. The van der Waals surface area contributed by atoms with E-state index in [4.69, 9.17) is 10.5 Å². The van der Waals surface area contributed by atoms with Crippen LogP contribution in [0.5, 0.6) is 0 Å². The number of Topliss-reactive ketones (excluding diaryl/α,β-unsaturated/α-hetero) is 1. The normalized spacial score (nSPS) is 11.0. The fourth-order valence-corrected chi connectivity index (χ4v) is 1.43. The van der Waals surface area contributed by atoms with Crippen molar-refractivity contribution in [2.24, 2.45) is 0 Å². The molecule has 0 heterocycles. The molecule has 0 saturated carbocycles. The maximum absolute atomic E-state index is 13.7. The van der Waals surface area contributed by atoms with Gasteiger partial charge in [-0.15, -0.1) is 0 Å². The van der Waals surface area contributed by atoms with Crippen molar-refractivity contribution in [3.8, 4) is 12.1 Å². The average molecular weight is 274 g/mol. The van der Waals surface area contributed by atoms with Crippen LogP contribution >= 0.6 is 0 Å². The third-order valence-corrected chi connectivity index (χ3v) is 2.42. The Hall–Kier alpha value is -2.73. The first kappa shape index (κ1) is 15.3. The van der Waals surface area contributed by atoms with Crippen LogP contribution in [0.3, 0.4) is 0 Å². The fourth-order valence-electron chi connectivity index (χ4n) is 1.43. The third-order valence-electron chi connectivity index (χ3n) is 2.42. The first-order valence-corrected chi connectivity index (χ1v) is 5.84. The van der Waals surface area contributed by atoms with E-state index in [0.29, 0.717) is 6.42 Å². The summed E-state index contributed by atoms with van der Waals surface area (Å²) in [5, 5.41) is 17.6. The van der Waals surface area contributed by atoms with Crippen molar-refractivity contribution < 1.29 is 18.7 Å². The summed E-state index contributed by atoms with van der Waals surface area (Å²) in [7, 11) is 0. The van der Waals surface area contributed by atoms with Gasteiger partial charge in [-0.2, -0.15) is 10.5 Å². The molecule has 102 valence electrons. The van der Waals surface area contributed by atoms with Crippen LogP contribution in [0.1, 0.15) is 34.8 Å². The van der Waals surface area contributed by atoms with E-state index >= 15 is 0 Å². The lowest BCUT2D eigenvalue weighted by atomic mass is 9.99. The second-order valence-corrected chi connectivity index (χ2v) is 3.88. The summed E-state index contributed by atoms with van der Waals surface area (Å²) in [4.78, 5) is 23.2. The minimum absolute atomic E-state index is 0.00980. The van der Waals surface area contributed by atoms with Gasteiger partial charge in [0.2, 0.25) is 5.78 Å². The zero-order valence-corrected chi connectivity index (χ0v) is 10.7. The Balaban J connectivity index is 3.05. The Morgan fingerprint density at radius 3 is 2.60 bits per heavy atom. The van der Waals surface area contributed by atoms with Crippen LogP contribution in [0.2, 0.25) is 0 Å². The molecule has 1 unspecified atom stereocenters. The molecule has 0 aromatic heterocycles. The van der Waals surface area contributed by atoms with Gasteiger partial charge in [0.05, 0.1) is 29.9 Å². The molecule has 0 radical (unpaired) electrons. The van der Waals surface area contributed by atoms with E-state index in [-0.39, 0.29) is 23.3 Å². The minimum atomic E-state index is -2.50. The van der Waals surface area contributed by atoms with Crippen LogP contribution in [0, 0.1) is 22.7 Å². The number of ether oxygens (including phenoxy) is 1. The van der Waals surface area contributed by atoms with Gasteiger partial charge in [-0.05, 0) is 24.6 Å². The molecule has 0 fully saturated rings. The van der Waals surface area contributed by atoms with E-state index in [0.717, 1.165) is 6.07 Å². The maximum atomic E-state index is 13.7. The molecule has 5 nitrogen and oxygen atoms in total. The van der Waals surface area contributed by atoms with Crippen molar-refractivity contribution in [2.75, 3.05) is 6.61 Å². The minimum Gasteiger partial charge on any atom is -0.463 e. The van der Waals surface area contributed by atoms with Crippen molar-refractivity contribution in [3.05, 3.63) is 34.9 Å². The summed E-state index contributed by atoms with van der Waals surface area (Å²) in [6, 6.07) is 7.14. The molecule has 20 heavy (non-hydrogen) atoms.